The fourth-order valence-corrected chi connectivity index (χ4v) is 4.20. The van der Waals surface area contributed by atoms with Crippen molar-refractivity contribution < 1.29 is 17.6 Å². The van der Waals surface area contributed by atoms with Crippen LogP contribution in [0.25, 0.3) is 10.9 Å². The first-order valence-corrected chi connectivity index (χ1v) is 8.90. The number of hydrogen-bond acceptors (Lipinski definition) is 2. The van der Waals surface area contributed by atoms with Gasteiger partial charge in [0.25, 0.3) is 0 Å². The Balaban J connectivity index is 1.57. The summed E-state index contributed by atoms with van der Waals surface area (Å²) in [4.78, 5) is 2.59. The molecule has 3 nitrogen and oxygen atoms in total. The summed E-state index contributed by atoms with van der Waals surface area (Å²) < 4.78 is 55.2. The maximum Gasteiger partial charge on any atom is 0.199 e. The summed E-state index contributed by atoms with van der Waals surface area (Å²) in [6.45, 7) is 3.82. The Kier molecular flexibility index (Phi) is 4.45. The Bertz CT molecular complexity index is 774. The van der Waals surface area contributed by atoms with E-state index in [-0.39, 0.29) is 16.8 Å². The number of nitrogens with zero attached hydrogens (tertiary/aromatic N) is 2. The van der Waals surface area contributed by atoms with Crippen LogP contribution < -0.4 is 0 Å². The van der Waals surface area contributed by atoms with E-state index in [1.807, 2.05) is 0 Å². The third-order valence-corrected chi connectivity index (χ3v) is 5.57. The van der Waals surface area contributed by atoms with E-state index >= 15 is 0 Å². The largest absolute Gasteiger partial charge is 0.358 e. The van der Waals surface area contributed by atoms with E-state index in [2.05, 4.69) is 15.0 Å². The first-order chi connectivity index (χ1) is 12.1. The molecule has 2 aliphatic rings. The van der Waals surface area contributed by atoms with E-state index < -0.39 is 23.3 Å². The van der Waals surface area contributed by atoms with Crippen molar-refractivity contribution in [3.05, 3.63) is 35.0 Å². The van der Waals surface area contributed by atoms with Crippen LogP contribution in [0, 0.1) is 23.3 Å². The molecule has 136 valence electrons. The number of hydrogen-bond donors (Lipinski definition) is 1. The molecule has 3 heterocycles. The molecule has 1 aromatic heterocycles. The highest BCUT2D eigenvalue weighted by Crippen LogP contribution is 2.37. The van der Waals surface area contributed by atoms with Gasteiger partial charge >= 0.3 is 0 Å². The SMILES string of the molecule is Fc1c(F)c(F)c2c(C3CCN(N4CCCCC4)CC3)c[nH]c2c1F. The molecule has 1 N–H and O–H groups in total. The number of piperidine rings is 2. The van der Waals surface area contributed by atoms with E-state index in [0.717, 1.165) is 39.0 Å². The molecule has 2 fully saturated rings. The van der Waals surface area contributed by atoms with Crippen molar-refractivity contribution in [3.8, 4) is 0 Å². The molecule has 0 unspecified atom stereocenters. The summed E-state index contributed by atoms with van der Waals surface area (Å²) in [5, 5.41) is 4.57. The fourth-order valence-electron chi connectivity index (χ4n) is 4.20. The fraction of sp³-hybridized carbons (Fsp3) is 0.556. The second kappa shape index (κ2) is 6.61. The van der Waals surface area contributed by atoms with Crippen LogP contribution in [0.15, 0.2) is 6.20 Å². The molecular weight excluding hydrogens is 334 g/mol. The van der Waals surface area contributed by atoms with Gasteiger partial charge in [0, 0.05) is 37.8 Å². The van der Waals surface area contributed by atoms with Crippen LogP contribution in [0.4, 0.5) is 17.6 Å². The van der Waals surface area contributed by atoms with Gasteiger partial charge in [0.15, 0.2) is 23.3 Å². The van der Waals surface area contributed by atoms with E-state index in [9.17, 15) is 17.6 Å². The summed E-state index contributed by atoms with van der Waals surface area (Å²) in [5.41, 5.74) is 0.258. The van der Waals surface area contributed by atoms with Crippen molar-refractivity contribution in [2.75, 3.05) is 26.2 Å². The average Bonchev–Trinajstić information content (AvgIpc) is 3.11. The molecule has 0 spiro atoms. The Morgan fingerprint density at radius 2 is 1.36 bits per heavy atom. The van der Waals surface area contributed by atoms with Crippen molar-refractivity contribution in [2.24, 2.45) is 0 Å². The Labute approximate surface area is 143 Å². The molecule has 0 atom stereocenters. The van der Waals surface area contributed by atoms with Crippen molar-refractivity contribution in [1.29, 1.82) is 0 Å². The Hall–Kier alpha value is -1.60. The average molecular weight is 355 g/mol. The van der Waals surface area contributed by atoms with Gasteiger partial charge in [-0.3, -0.25) is 0 Å². The van der Waals surface area contributed by atoms with E-state index in [1.54, 1.807) is 0 Å². The molecule has 2 aromatic rings. The van der Waals surface area contributed by atoms with Gasteiger partial charge < -0.3 is 4.98 Å². The van der Waals surface area contributed by atoms with Crippen molar-refractivity contribution in [3.63, 3.8) is 0 Å². The topological polar surface area (TPSA) is 22.3 Å². The van der Waals surface area contributed by atoms with Crippen molar-refractivity contribution in [1.82, 2.24) is 15.0 Å². The molecule has 7 heteroatoms. The minimum absolute atomic E-state index is 0.00792. The smallest absolute Gasteiger partial charge is 0.199 e. The zero-order chi connectivity index (χ0) is 17.6. The molecule has 2 saturated heterocycles. The molecule has 2 aliphatic heterocycles. The minimum atomic E-state index is -1.77. The molecule has 25 heavy (non-hydrogen) atoms. The minimum Gasteiger partial charge on any atom is -0.358 e. The molecule has 0 aliphatic carbocycles. The molecule has 0 amide bonds. The van der Waals surface area contributed by atoms with Crippen LogP contribution in [0.2, 0.25) is 0 Å². The van der Waals surface area contributed by atoms with Gasteiger partial charge in [0.1, 0.15) is 0 Å². The van der Waals surface area contributed by atoms with Crippen LogP contribution in [0.5, 0.6) is 0 Å². The maximum absolute atomic E-state index is 14.2. The van der Waals surface area contributed by atoms with Gasteiger partial charge in [0.2, 0.25) is 0 Å². The lowest BCUT2D eigenvalue weighted by molar-refractivity contribution is -0.0552. The lowest BCUT2D eigenvalue weighted by Crippen LogP contribution is -2.48. The number of nitrogens with one attached hydrogen (secondary N) is 1. The summed E-state index contributed by atoms with van der Waals surface area (Å²) in [7, 11) is 0. The summed E-state index contributed by atoms with van der Waals surface area (Å²) in [6, 6.07) is 0. The number of fused-ring (bicyclic) bond motifs is 1. The van der Waals surface area contributed by atoms with Crippen LogP contribution in [-0.4, -0.2) is 41.2 Å². The number of H-pyrrole nitrogens is 1. The number of rotatable bonds is 2. The van der Waals surface area contributed by atoms with Gasteiger partial charge in [-0.15, -0.1) is 0 Å². The second-order valence-corrected chi connectivity index (χ2v) is 6.99. The zero-order valence-electron chi connectivity index (χ0n) is 13.9. The van der Waals surface area contributed by atoms with Crippen LogP contribution in [0.3, 0.4) is 0 Å². The monoisotopic (exact) mass is 355 g/mol. The van der Waals surface area contributed by atoms with E-state index in [4.69, 9.17) is 0 Å². The van der Waals surface area contributed by atoms with Crippen molar-refractivity contribution in [2.45, 2.75) is 38.0 Å². The highest BCUT2D eigenvalue weighted by molar-refractivity contribution is 5.85. The number of halogens is 4. The first kappa shape index (κ1) is 16.8. The molecule has 1 aromatic carbocycles. The standard InChI is InChI=1S/C18H21F4N3/c19-14-13-12(10-23-18(13)17(22)16(21)15(14)20)11-4-8-25(9-5-11)24-6-2-1-3-7-24/h10-11,23H,1-9H2. The lowest BCUT2D eigenvalue weighted by atomic mass is 9.89. The van der Waals surface area contributed by atoms with Crippen LogP contribution in [-0.2, 0) is 0 Å². The number of aromatic amines is 1. The van der Waals surface area contributed by atoms with Gasteiger partial charge in [-0.05, 0) is 37.2 Å². The highest BCUT2D eigenvalue weighted by atomic mass is 19.2. The number of aromatic nitrogens is 1. The third kappa shape index (κ3) is 2.83. The van der Waals surface area contributed by atoms with Crippen LogP contribution in [0.1, 0.15) is 43.6 Å². The quantitative estimate of drug-likeness (QED) is 0.493. The number of benzene rings is 1. The van der Waals surface area contributed by atoms with Gasteiger partial charge in [-0.25, -0.2) is 27.6 Å². The molecule has 4 rings (SSSR count). The lowest BCUT2D eigenvalue weighted by Gasteiger charge is -2.41. The van der Waals surface area contributed by atoms with Gasteiger partial charge in [0.05, 0.1) is 5.52 Å². The maximum atomic E-state index is 14.2. The summed E-state index contributed by atoms with van der Waals surface area (Å²) in [6.07, 6.45) is 6.74. The van der Waals surface area contributed by atoms with Gasteiger partial charge in [-0.2, -0.15) is 0 Å². The number of hydrazine groups is 1. The zero-order valence-corrected chi connectivity index (χ0v) is 13.9. The highest BCUT2D eigenvalue weighted by Gasteiger charge is 2.30. The molecule has 0 bridgehead atoms. The van der Waals surface area contributed by atoms with E-state index in [0.29, 0.717) is 5.56 Å². The predicted molar refractivity (Wildman–Crippen MR) is 87.1 cm³/mol. The van der Waals surface area contributed by atoms with Crippen LogP contribution >= 0.6 is 0 Å². The van der Waals surface area contributed by atoms with Crippen molar-refractivity contribution >= 4 is 10.9 Å². The Morgan fingerprint density at radius 1 is 0.760 bits per heavy atom. The molecule has 0 radical (unpaired) electrons. The van der Waals surface area contributed by atoms with Gasteiger partial charge in [-0.1, -0.05) is 6.42 Å². The first-order valence-electron chi connectivity index (χ1n) is 8.90. The molecular formula is C18H21F4N3. The second-order valence-electron chi connectivity index (χ2n) is 6.99. The summed E-state index contributed by atoms with van der Waals surface area (Å²) >= 11 is 0. The summed E-state index contributed by atoms with van der Waals surface area (Å²) in [5.74, 6) is -6.15. The van der Waals surface area contributed by atoms with E-state index in [1.165, 1.54) is 25.5 Å². The normalized spacial score (nSPS) is 21.3. The predicted octanol–water partition coefficient (Wildman–Crippen LogP) is 4.30. The third-order valence-electron chi connectivity index (χ3n) is 5.57. The Morgan fingerprint density at radius 3 is 2.04 bits per heavy atom. The molecule has 0 saturated carbocycles.